The van der Waals surface area contributed by atoms with Crippen LogP contribution in [0.4, 0.5) is 0 Å². The number of aliphatic hydroxyl groups is 5. The largest absolute Gasteiger partial charge is 0.459 e. The van der Waals surface area contributed by atoms with E-state index in [1.807, 2.05) is 12.2 Å². The van der Waals surface area contributed by atoms with Crippen LogP contribution in [0.15, 0.2) is 36.0 Å². The van der Waals surface area contributed by atoms with Gasteiger partial charge in [0.05, 0.1) is 6.10 Å². The maximum absolute atomic E-state index is 13.1. The summed E-state index contributed by atoms with van der Waals surface area (Å²) in [5, 5.41) is 58.9. The van der Waals surface area contributed by atoms with Gasteiger partial charge in [-0.25, -0.2) is 4.79 Å². The molecular weight excluding hydrogens is 656 g/mol. The maximum atomic E-state index is 13.1. The van der Waals surface area contributed by atoms with E-state index in [1.54, 1.807) is 19.1 Å². The average molecular weight is 707 g/mol. The van der Waals surface area contributed by atoms with Crippen molar-refractivity contribution >= 4 is 29.7 Å². The molecule has 15 nitrogen and oxygen atoms in total. The van der Waals surface area contributed by atoms with Crippen molar-refractivity contribution in [1.29, 1.82) is 0 Å². The van der Waals surface area contributed by atoms with Gasteiger partial charge in [-0.2, -0.15) is 0 Å². The lowest BCUT2D eigenvalue weighted by atomic mass is 9.78. The Bertz CT molecular complexity index is 1350. The Morgan fingerprint density at radius 2 is 1.44 bits per heavy atom. The summed E-state index contributed by atoms with van der Waals surface area (Å²) in [6.07, 6.45) is 1.66. The Morgan fingerprint density at radius 1 is 0.840 bits per heavy atom. The number of hydrogen-bond donors (Lipinski definition) is 7. The average Bonchev–Trinajstić information content (AvgIpc) is 3.03. The second kappa shape index (κ2) is 17.5. The smallest absolute Gasteiger partial charge is 0.331 e. The number of hydrogen-bond acceptors (Lipinski definition) is 13. The lowest BCUT2D eigenvalue weighted by Gasteiger charge is -2.41. The topological polar surface area (TPSA) is 238 Å². The fourth-order valence-corrected chi connectivity index (χ4v) is 6.90. The summed E-state index contributed by atoms with van der Waals surface area (Å²) in [7, 11) is 0. The first-order valence-electron chi connectivity index (χ1n) is 17.3. The predicted octanol–water partition coefficient (Wildman–Crippen LogP) is -0.0904. The monoisotopic (exact) mass is 706 g/mol. The van der Waals surface area contributed by atoms with E-state index in [-0.39, 0.29) is 44.7 Å². The number of carbonyl (C=O) groups excluding carboxylic acids is 5. The van der Waals surface area contributed by atoms with Crippen LogP contribution in [0, 0.1) is 5.92 Å². The van der Waals surface area contributed by atoms with Gasteiger partial charge in [-0.05, 0) is 51.4 Å². The zero-order valence-corrected chi connectivity index (χ0v) is 28.3. The van der Waals surface area contributed by atoms with E-state index in [0.29, 0.717) is 37.7 Å². The van der Waals surface area contributed by atoms with Gasteiger partial charge in [0, 0.05) is 57.7 Å². The molecule has 3 unspecified atom stereocenters. The number of allylic oxidation sites excluding steroid dienone is 3. The molecule has 9 atom stereocenters. The Hall–Kier alpha value is -3.63. The maximum Gasteiger partial charge on any atom is 0.331 e. The Kier molecular flexibility index (Phi) is 13.7. The molecule has 15 heteroatoms. The Labute approximate surface area is 290 Å². The summed E-state index contributed by atoms with van der Waals surface area (Å²) in [5.41, 5.74) is -3.55. The highest BCUT2D eigenvalue weighted by Crippen LogP contribution is 2.34. The molecule has 2 fully saturated rings. The first-order valence-corrected chi connectivity index (χ1v) is 17.3. The third kappa shape index (κ3) is 10.7. The van der Waals surface area contributed by atoms with Gasteiger partial charge in [-0.3, -0.25) is 19.2 Å². The van der Waals surface area contributed by atoms with Gasteiger partial charge in [-0.1, -0.05) is 29.9 Å². The van der Waals surface area contributed by atoms with Gasteiger partial charge in [0.25, 0.3) is 11.8 Å². The molecule has 4 bridgehead atoms. The van der Waals surface area contributed by atoms with Crippen LogP contribution in [0.25, 0.3) is 0 Å². The summed E-state index contributed by atoms with van der Waals surface area (Å²) < 4.78 is 16.3. The van der Waals surface area contributed by atoms with E-state index in [9.17, 15) is 49.5 Å². The Balaban J connectivity index is 1.42. The summed E-state index contributed by atoms with van der Waals surface area (Å²) in [4.78, 5) is 63.9. The van der Waals surface area contributed by atoms with Gasteiger partial charge >= 0.3 is 17.9 Å². The fraction of sp³-hybridized carbons (Fsp3) is 0.686. The number of ether oxygens (including phenoxy) is 3. The van der Waals surface area contributed by atoms with Crippen molar-refractivity contribution in [3.05, 3.63) is 36.0 Å². The van der Waals surface area contributed by atoms with E-state index < -0.39 is 90.4 Å². The van der Waals surface area contributed by atoms with Crippen LogP contribution in [-0.4, -0.2) is 116 Å². The molecule has 2 saturated carbocycles. The normalized spacial score (nSPS) is 38.1. The minimum absolute atomic E-state index is 0.0306. The van der Waals surface area contributed by atoms with E-state index >= 15 is 0 Å². The molecule has 278 valence electrons. The summed E-state index contributed by atoms with van der Waals surface area (Å²) in [6.45, 7) is 1.90. The minimum atomic E-state index is -2.08. The first kappa shape index (κ1) is 39.2. The molecule has 0 aromatic heterocycles. The fourth-order valence-electron chi connectivity index (χ4n) is 6.90. The lowest BCUT2D eigenvalue weighted by molar-refractivity contribution is -0.198. The van der Waals surface area contributed by atoms with E-state index in [2.05, 4.69) is 10.6 Å². The molecule has 7 N–H and O–H groups in total. The summed E-state index contributed by atoms with van der Waals surface area (Å²) >= 11 is 0. The number of esters is 3. The number of nitrogens with one attached hydrogen (secondary N) is 2. The van der Waals surface area contributed by atoms with Gasteiger partial charge in [-0.15, -0.1) is 0 Å². The molecule has 0 aromatic carbocycles. The molecule has 0 spiro atoms. The summed E-state index contributed by atoms with van der Waals surface area (Å²) in [5.74, 6) is -3.84. The van der Waals surface area contributed by atoms with Gasteiger partial charge in [0.1, 0.15) is 41.7 Å². The molecule has 2 aliphatic carbocycles. The molecule has 50 heavy (non-hydrogen) atoms. The zero-order chi connectivity index (χ0) is 36.5. The van der Waals surface area contributed by atoms with Crippen molar-refractivity contribution in [2.24, 2.45) is 5.92 Å². The van der Waals surface area contributed by atoms with Crippen LogP contribution in [0.2, 0.25) is 0 Å². The van der Waals surface area contributed by atoms with Crippen LogP contribution in [0.5, 0.6) is 0 Å². The quantitative estimate of drug-likeness (QED) is 0.0877. The third-order valence-electron chi connectivity index (χ3n) is 9.62. The molecule has 0 radical (unpaired) electrons. The van der Waals surface area contributed by atoms with Crippen LogP contribution in [0.1, 0.15) is 84.0 Å². The van der Waals surface area contributed by atoms with Crippen molar-refractivity contribution < 1.29 is 63.7 Å². The number of fused-ring (bicyclic) bond motifs is 4. The first-order chi connectivity index (χ1) is 23.7. The van der Waals surface area contributed by atoms with Crippen molar-refractivity contribution in [2.45, 2.75) is 132 Å². The van der Waals surface area contributed by atoms with Crippen molar-refractivity contribution in [2.75, 3.05) is 13.1 Å². The van der Waals surface area contributed by atoms with Crippen LogP contribution < -0.4 is 10.6 Å². The second-order valence-electron chi connectivity index (χ2n) is 13.9. The SMILES string of the molecule is C/C(=C\C(=O)O[C@@H]1C[C@]2(O)CC(OC(=O)CCCC/C=C\CNC2=O)[C@@H]1O)CC1/C=C\CNC(=O)[C@@]2(O)CC(OC(=O)CCC1)[C@H](O)[C@H](O)C2. The van der Waals surface area contributed by atoms with Gasteiger partial charge < -0.3 is 50.4 Å². The molecule has 4 rings (SSSR count). The highest BCUT2D eigenvalue weighted by Gasteiger charge is 2.52. The summed E-state index contributed by atoms with van der Waals surface area (Å²) in [6, 6.07) is 0. The van der Waals surface area contributed by atoms with E-state index in [1.165, 1.54) is 6.08 Å². The highest BCUT2D eigenvalue weighted by molar-refractivity contribution is 5.86. The Morgan fingerprint density at radius 3 is 2.12 bits per heavy atom. The van der Waals surface area contributed by atoms with Crippen molar-refractivity contribution in [1.82, 2.24) is 10.6 Å². The molecule has 0 saturated heterocycles. The predicted molar refractivity (Wildman–Crippen MR) is 175 cm³/mol. The van der Waals surface area contributed by atoms with Crippen molar-refractivity contribution in [3.63, 3.8) is 0 Å². The van der Waals surface area contributed by atoms with Crippen molar-refractivity contribution in [3.8, 4) is 0 Å². The van der Waals surface area contributed by atoms with Crippen LogP contribution >= 0.6 is 0 Å². The molecule has 2 aliphatic heterocycles. The van der Waals surface area contributed by atoms with Gasteiger partial charge in [0.2, 0.25) is 0 Å². The third-order valence-corrected chi connectivity index (χ3v) is 9.62. The van der Waals surface area contributed by atoms with E-state index in [0.717, 1.165) is 6.42 Å². The molecule has 4 aliphatic rings. The minimum Gasteiger partial charge on any atom is -0.459 e. The zero-order valence-electron chi connectivity index (χ0n) is 28.3. The van der Waals surface area contributed by atoms with Crippen LogP contribution in [-0.2, 0) is 38.2 Å². The molecule has 2 amide bonds. The number of aliphatic hydroxyl groups excluding tert-OH is 3. The number of rotatable bonds is 4. The molecule has 2 heterocycles. The second-order valence-corrected chi connectivity index (χ2v) is 13.9. The lowest BCUT2D eigenvalue weighted by Crippen LogP contribution is -2.60. The van der Waals surface area contributed by atoms with E-state index in [4.69, 9.17) is 14.2 Å². The molecule has 0 aromatic rings. The van der Waals surface area contributed by atoms with Gasteiger partial charge in [0.15, 0.2) is 0 Å². The number of carbonyl (C=O) groups is 5. The highest BCUT2D eigenvalue weighted by atomic mass is 16.6. The van der Waals surface area contributed by atoms with Crippen LogP contribution in [0.3, 0.4) is 0 Å². The number of amides is 2. The standard InChI is InChI=1S/C35H50N2O13/c1-21(15-22-9-7-12-28(40)48-24-18-34(46,17-23(38)30(24)42)32(44)37-14-8-10-22)16-29(41)50-26-20-35(47)19-25(31(26)43)49-27(39)11-5-3-2-4-6-13-36-33(35)45/h4,6,8,10,16,22-26,30-31,38,42-43,46-47H,2-3,5,7,9,11-15,17-20H2,1H3,(H,36,45)(H,37,44)/b6-4-,10-8-,21-16+/t22?,23-,24?,25?,26-,30-,31+,34+,35-/m1/s1. The molecular formula is C35H50N2O13.